The lowest BCUT2D eigenvalue weighted by molar-refractivity contribution is -0.274. The average Bonchev–Trinajstić information content (AvgIpc) is 2.41. The number of aliphatic hydroxyl groups is 1. The minimum Gasteiger partial charge on any atom is -0.405 e. The second-order valence-electron chi connectivity index (χ2n) is 4.12. The molecule has 1 aromatic carbocycles. The number of amides is 2. The third-order valence-corrected chi connectivity index (χ3v) is 2.67. The second-order valence-corrected chi connectivity index (χ2v) is 4.12. The maximum atomic E-state index is 12.3. The number of nitrogens with one attached hydrogen (secondary N) is 1. The third kappa shape index (κ3) is 5.90. The minimum absolute atomic E-state index is 0.104. The summed E-state index contributed by atoms with van der Waals surface area (Å²) in [5, 5.41) is 11.3. The van der Waals surface area contributed by atoms with E-state index in [4.69, 9.17) is 5.11 Å². The normalized spacial score (nSPS) is 11.1. The second kappa shape index (κ2) is 7.72. The average molecular weight is 306 g/mol. The van der Waals surface area contributed by atoms with E-state index in [1.54, 1.807) is 13.0 Å². The number of urea groups is 1. The molecule has 0 bridgehead atoms. The number of para-hydroxylation sites is 1. The lowest BCUT2D eigenvalue weighted by atomic mass is 10.2. The number of carbonyl (C=O) groups is 1. The van der Waals surface area contributed by atoms with Crippen LogP contribution in [0.25, 0.3) is 0 Å². The van der Waals surface area contributed by atoms with Crippen LogP contribution in [0.1, 0.15) is 12.5 Å². The fourth-order valence-electron chi connectivity index (χ4n) is 1.68. The van der Waals surface area contributed by atoms with Crippen LogP contribution in [0.4, 0.5) is 18.0 Å². The molecule has 0 saturated heterocycles. The van der Waals surface area contributed by atoms with Gasteiger partial charge in [-0.2, -0.15) is 0 Å². The molecule has 0 saturated carbocycles. The lowest BCUT2D eigenvalue weighted by Gasteiger charge is -2.20. The zero-order valence-electron chi connectivity index (χ0n) is 11.5. The molecule has 8 heteroatoms. The molecule has 5 nitrogen and oxygen atoms in total. The van der Waals surface area contributed by atoms with Crippen molar-refractivity contribution in [3.63, 3.8) is 0 Å². The number of ether oxygens (including phenoxy) is 1. The van der Waals surface area contributed by atoms with Crippen LogP contribution in [-0.2, 0) is 6.54 Å². The number of likely N-dealkylation sites (N-methyl/N-ethyl adjacent to an activating group) is 1. The molecule has 0 heterocycles. The summed E-state index contributed by atoms with van der Waals surface area (Å²) in [7, 11) is 0. The van der Waals surface area contributed by atoms with Crippen molar-refractivity contribution in [2.75, 3.05) is 19.7 Å². The Labute approximate surface area is 120 Å². The first kappa shape index (κ1) is 17.1. The molecule has 2 amide bonds. The number of hydrogen-bond acceptors (Lipinski definition) is 3. The molecule has 0 atom stereocenters. The molecule has 0 spiro atoms. The number of hydrogen-bond donors (Lipinski definition) is 2. The fourth-order valence-corrected chi connectivity index (χ4v) is 1.68. The summed E-state index contributed by atoms with van der Waals surface area (Å²) in [5.74, 6) is -0.351. The van der Waals surface area contributed by atoms with Gasteiger partial charge >= 0.3 is 12.4 Å². The van der Waals surface area contributed by atoms with Gasteiger partial charge in [-0.15, -0.1) is 13.2 Å². The van der Waals surface area contributed by atoms with Gasteiger partial charge in [-0.25, -0.2) is 4.79 Å². The van der Waals surface area contributed by atoms with E-state index < -0.39 is 12.4 Å². The van der Waals surface area contributed by atoms with E-state index in [-0.39, 0.29) is 31.0 Å². The predicted molar refractivity (Wildman–Crippen MR) is 69.7 cm³/mol. The highest BCUT2D eigenvalue weighted by molar-refractivity contribution is 5.74. The van der Waals surface area contributed by atoms with E-state index >= 15 is 0 Å². The predicted octanol–water partition coefficient (Wildman–Crippen LogP) is 2.11. The van der Waals surface area contributed by atoms with Crippen LogP contribution >= 0.6 is 0 Å². The zero-order valence-corrected chi connectivity index (χ0v) is 11.5. The van der Waals surface area contributed by atoms with Crippen LogP contribution in [0.3, 0.4) is 0 Å². The van der Waals surface area contributed by atoms with Crippen LogP contribution in [0.5, 0.6) is 5.75 Å². The number of benzene rings is 1. The van der Waals surface area contributed by atoms with Crippen LogP contribution in [-0.4, -0.2) is 42.1 Å². The molecular formula is C13H17F3N2O3. The first-order valence-electron chi connectivity index (χ1n) is 6.34. The largest absolute Gasteiger partial charge is 0.573 e. The maximum Gasteiger partial charge on any atom is 0.573 e. The highest BCUT2D eigenvalue weighted by atomic mass is 19.4. The van der Waals surface area contributed by atoms with E-state index in [0.717, 1.165) is 0 Å². The highest BCUT2D eigenvalue weighted by Gasteiger charge is 2.32. The van der Waals surface area contributed by atoms with Crippen molar-refractivity contribution in [1.29, 1.82) is 0 Å². The molecule has 0 aliphatic heterocycles. The van der Waals surface area contributed by atoms with Crippen molar-refractivity contribution in [2.45, 2.75) is 19.8 Å². The number of carbonyl (C=O) groups excluding carboxylic acids is 1. The Balaban J connectivity index is 2.69. The first-order valence-corrected chi connectivity index (χ1v) is 6.34. The number of rotatable bonds is 6. The summed E-state index contributed by atoms with van der Waals surface area (Å²) >= 11 is 0. The van der Waals surface area contributed by atoms with Gasteiger partial charge in [0.05, 0.1) is 6.61 Å². The lowest BCUT2D eigenvalue weighted by Crippen LogP contribution is -2.41. The number of aliphatic hydroxyl groups excluding tert-OH is 1. The van der Waals surface area contributed by atoms with Crippen molar-refractivity contribution in [3.05, 3.63) is 29.8 Å². The monoisotopic (exact) mass is 306 g/mol. The first-order chi connectivity index (χ1) is 9.87. The van der Waals surface area contributed by atoms with Gasteiger partial charge in [0.25, 0.3) is 0 Å². The SMILES string of the molecule is CCN(CCO)C(=O)NCc1ccccc1OC(F)(F)F. The molecule has 2 N–H and O–H groups in total. The molecule has 0 fully saturated rings. The summed E-state index contributed by atoms with van der Waals surface area (Å²) in [6.45, 7) is 1.98. The van der Waals surface area contributed by atoms with Crippen molar-refractivity contribution in [1.82, 2.24) is 10.2 Å². The Kier molecular flexibility index (Phi) is 6.29. The van der Waals surface area contributed by atoms with Crippen molar-refractivity contribution >= 4 is 6.03 Å². The molecule has 21 heavy (non-hydrogen) atoms. The van der Waals surface area contributed by atoms with E-state index in [0.29, 0.717) is 6.54 Å². The molecule has 0 aliphatic rings. The summed E-state index contributed by atoms with van der Waals surface area (Å²) < 4.78 is 40.7. The number of nitrogens with zero attached hydrogens (tertiary/aromatic N) is 1. The Morgan fingerprint density at radius 3 is 2.62 bits per heavy atom. The van der Waals surface area contributed by atoms with E-state index in [9.17, 15) is 18.0 Å². The highest BCUT2D eigenvalue weighted by Crippen LogP contribution is 2.26. The van der Waals surface area contributed by atoms with Gasteiger partial charge in [0, 0.05) is 25.2 Å². The number of halogens is 3. The van der Waals surface area contributed by atoms with Crippen molar-refractivity contribution < 1.29 is 27.8 Å². The molecule has 0 radical (unpaired) electrons. The van der Waals surface area contributed by atoms with Gasteiger partial charge in [0.2, 0.25) is 0 Å². The van der Waals surface area contributed by atoms with Gasteiger partial charge in [-0.3, -0.25) is 0 Å². The topological polar surface area (TPSA) is 61.8 Å². The summed E-state index contributed by atoms with van der Waals surface area (Å²) in [6, 6.07) is 5.12. The van der Waals surface area contributed by atoms with E-state index in [1.165, 1.54) is 23.1 Å². The molecule has 118 valence electrons. The van der Waals surface area contributed by atoms with Crippen LogP contribution < -0.4 is 10.1 Å². The van der Waals surface area contributed by atoms with Crippen molar-refractivity contribution in [2.24, 2.45) is 0 Å². The Hall–Kier alpha value is -1.96. The van der Waals surface area contributed by atoms with Crippen LogP contribution in [0.15, 0.2) is 24.3 Å². The van der Waals surface area contributed by atoms with Gasteiger partial charge in [0.1, 0.15) is 5.75 Å². The molecular weight excluding hydrogens is 289 g/mol. The molecule has 0 unspecified atom stereocenters. The Bertz CT molecular complexity index is 466. The van der Waals surface area contributed by atoms with Crippen LogP contribution in [0.2, 0.25) is 0 Å². The Morgan fingerprint density at radius 1 is 1.38 bits per heavy atom. The molecule has 0 aromatic heterocycles. The molecule has 0 aliphatic carbocycles. The van der Waals surface area contributed by atoms with Crippen molar-refractivity contribution in [3.8, 4) is 5.75 Å². The zero-order chi connectivity index (χ0) is 15.9. The molecule has 1 aromatic rings. The van der Waals surface area contributed by atoms with Crippen LogP contribution in [0, 0.1) is 0 Å². The van der Waals surface area contributed by atoms with E-state index in [1.807, 2.05) is 0 Å². The quantitative estimate of drug-likeness (QED) is 0.846. The standard InChI is InChI=1S/C13H17F3N2O3/c1-2-18(7-8-19)12(20)17-9-10-5-3-4-6-11(10)21-13(14,15)16/h3-6,19H,2,7-9H2,1H3,(H,17,20). The maximum absolute atomic E-state index is 12.3. The summed E-state index contributed by atoms with van der Waals surface area (Å²) in [5.41, 5.74) is 0.211. The van der Waals surface area contributed by atoms with Gasteiger partial charge < -0.3 is 20.1 Å². The van der Waals surface area contributed by atoms with Gasteiger partial charge in [-0.05, 0) is 13.0 Å². The smallest absolute Gasteiger partial charge is 0.405 e. The van der Waals surface area contributed by atoms with E-state index in [2.05, 4.69) is 10.1 Å². The van der Waals surface area contributed by atoms with Gasteiger partial charge in [-0.1, -0.05) is 18.2 Å². The molecule has 1 rings (SSSR count). The Morgan fingerprint density at radius 2 is 2.05 bits per heavy atom. The number of alkyl halides is 3. The summed E-state index contributed by atoms with van der Waals surface area (Å²) in [6.07, 6.45) is -4.79. The fraction of sp³-hybridized carbons (Fsp3) is 0.462. The summed E-state index contributed by atoms with van der Waals surface area (Å²) in [4.78, 5) is 13.1. The third-order valence-electron chi connectivity index (χ3n) is 2.67. The minimum atomic E-state index is -4.79. The van der Waals surface area contributed by atoms with Gasteiger partial charge in [0.15, 0.2) is 0 Å².